The molecule has 0 aliphatic carbocycles. The van der Waals surface area contributed by atoms with Crippen molar-refractivity contribution >= 4 is 22.4 Å². The Hall–Kier alpha value is -3.00. The standard InChI is InChI=1S/C21H27N7O/c1-16-12-20(29)28(15-24-16)11-8-26-6-9-27(10-7-26)17-4-5-19-18(13-17)21(25(2)3)23-14-22-19/h4-5,12-15H,6-11H2,1-3H3. The predicted octanol–water partition coefficient (Wildman–Crippen LogP) is 1.38. The first kappa shape index (κ1) is 19.3. The number of rotatable bonds is 5. The first-order chi connectivity index (χ1) is 14.0. The van der Waals surface area contributed by atoms with Crippen molar-refractivity contribution in [3.63, 3.8) is 0 Å². The number of aryl methyl sites for hydroxylation is 1. The summed E-state index contributed by atoms with van der Waals surface area (Å²) >= 11 is 0. The normalized spacial score (nSPS) is 15.1. The molecular formula is C21H27N7O. The molecule has 1 aromatic carbocycles. The van der Waals surface area contributed by atoms with Crippen LogP contribution in [0.4, 0.5) is 11.5 Å². The lowest BCUT2D eigenvalue weighted by molar-refractivity contribution is 0.247. The first-order valence-electron chi connectivity index (χ1n) is 9.94. The molecule has 0 N–H and O–H groups in total. The average molecular weight is 393 g/mol. The van der Waals surface area contributed by atoms with E-state index >= 15 is 0 Å². The van der Waals surface area contributed by atoms with Gasteiger partial charge in [0.25, 0.3) is 5.56 Å². The molecule has 1 aliphatic heterocycles. The zero-order valence-corrected chi connectivity index (χ0v) is 17.2. The Morgan fingerprint density at radius 2 is 1.79 bits per heavy atom. The summed E-state index contributed by atoms with van der Waals surface area (Å²) in [6.45, 7) is 7.22. The molecular weight excluding hydrogens is 366 g/mol. The van der Waals surface area contributed by atoms with Crippen molar-refractivity contribution in [1.82, 2.24) is 24.4 Å². The number of hydrogen-bond acceptors (Lipinski definition) is 7. The Bertz CT molecular complexity index is 1050. The number of anilines is 2. The highest BCUT2D eigenvalue weighted by molar-refractivity contribution is 5.91. The molecule has 0 unspecified atom stereocenters. The molecule has 3 heterocycles. The van der Waals surface area contributed by atoms with Crippen molar-refractivity contribution in [2.24, 2.45) is 0 Å². The zero-order chi connectivity index (χ0) is 20.4. The number of piperazine rings is 1. The SMILES string of the molecule is Cc1cc(=O)n(CCN2CCN(c3ccc4ncnc(N(C)C)c4c3)CC2)cn1. The summed E-state index contributed by atoms with van der Waals surface area (Å²) in [5, 5.41) is 1.07. The fraction of sp³-hybridized carbons (Fsp3) is 0.429. The molecule has 4 rings (SSSR count). The number of nitrogens with zero attached hydrogens (tertiary/aromatic N) is 7. The number of fused-ring (bicyclic) bond motifs is 1. The maximum Gasteiger partial charge on any atom is 0.253 e. The van der Waals surface area contributed by atoms with Crippen LogP contribution in [0, 0.1) is 6.92 Å². The van der Waals surface area contributed by atoms with E-state index in [1.165, 1.54) is 5.69 Å². The van der Waals surface area contributed by atoms with Gasteiger partial charge in [-0.2, -0.15) is 0 Å². The van der Waals surface area contributed by atoms with Crippen LogP contribution in [0.2, 0.25) is 0 Å². The van der Waals surface area contributed by atoms with Gasteiger partial charge in [0.15, 0.2) is 0 Å². The van der Waals surface area contributed by atoms with E-state index in [-0.39, 0.29) is 5.56 Å². The largest absolute Gasteiger partial charge is 0.369 e. The van der Waals surface area contributed by atoms with E-state index in [1.807, 2.05) is 25.9 Å². The van der Waals surface area contributed by atoms with Gasteiger partial charge < -0.3 is 9.80 Å². The smallest absolute Gasteiger partial charge is 0.253 e. The van der Waals surface area contributed by atoms with Crippen LogP contribution < -0.4 is 15.4 Å². The van der Waals surface area contributed by atoms with E-state index < -0.39 is 0 Å². The Morgan fingerprint density at radius 3 is 2.52 bits per heavy atom. The summed E-state index contributed by atoms with van der Waals surface area (Å²) in [7, 11) is 4.00. The van der Waals surface area contributed by atoms with Crippen LogP contribution in [0.5, 0.6) is 0 Å². The molecule has 0 atom stereocenters. The van der Waals surface area contributed by atoms with Gasteiger partial charge in [-0.05, 0) is 25.1 Å². The monoisotopic (exact) mass is 393 g/mol. The van der Waals surface area contributed by atoms with E-state index in [0.717, 1.165) is 55.1 Å². The van der Waals surface area contributed by atoms with Gasteiger partial charge in [0.1, 0.15) is 12.1 Å². The summed E-state index contributed by atoms with van der Waals surface area (Å²) in [6.07, 6.45) is 3.26. The summed E-state index contributed by atoms with van der Waals surface area (Å²) < 4.78 is 1.69. The molecule has 0 amide bonds. The van der Waals surface area contributed by atoms with Gasteiger partial charge in [-0.3, -0.25) is 14.3 Å². The second kappa shape index (κ2) is 8.16. The number of aromatic nitrogens is 4. The van der Waals surface area contributed by atoms with E-state index in [0.29, 0.717) is 6.54 Å². The third-order valence-corrected chi connectivity index (χ3v) is 5.43. The quantitative estimate of drug-likeness (QED) is 0.649. The van der Waals surface area contributed by atoms with Crippen molar-refractivity contribution in [1.29, 1.82) is 0 Å². The van der Waals surface area contributed by atoms with Gasteiger partial charge in [0, 0.05) is 76.2 Å². The highest BCUT2D eigenvalue weighted by Gasteiger charge is 2.18. The molecule has 3 aromatic rings. The molecule has 8 nitrogen and oxygen atoms in total. The van der Waals surface area contributed by atoms with Gasteiger partial charge in [0.2, 0.25) is 0 Å². The first-order valence-corrected chi connectivity index (χ1v) is 9.94. The molecule has 1 aliphatic rings. The fourth-order valence-corrected chi connectivity index (χ4v) is 3.75. The fourth-order valence-electron chi connectivity index (χ4n) is 3.75. The molecule has 29 heavy (non-hydrogen) atoms. The number of benzene rings is 1. The van der Waals surface area contributed by atoms with Crippen molar-refractivity contribution in [2.45, 2.75) is 13.5 Å². The zero-order valence-electron chi connectivity index (χ0n) is 17.2. The van der Waals surface area contributed by atoms with Crippen LogP contribution in [0.3, 0.4) is 0 Å². The molecule has 0 bridgehead atoms. The van der Waals surface area contributed by atoms with E-state index in [2.05, 4.69) is 43.0 Å². The Balaban J connectivity index is 1.40. The molecule has 152 valence electrons. The topological polar surface area (TPSA) is 70.4 Å². The third-order valence-electron chi connectivity index (χ3n) is 5.43. The van der Waals surface area contributed by atoms with E-state index in [9.17, 15) is 4.79 Å². The molecule has 0 spiro atoms. The average Bonchev–Trinajstić information content (AvgIpc) is 2.72. The van der Waals surface area contributed by atoms with Gasteiger partial charge in [-0.15, -0.1) is 0 Å². The highest BCUT2D eigenvalue weighted by atomic mass is 16.1. The van der Waals surface area contributed by atoms with Crippen molar-refractivity contribution < 1.29 is 0 Å². The molecule has 2 aromatic heterocycles. The van der Waals surface area contributed by atoms with Crippen molar-refractivity contribution in [2.75, 3.05) is 56.6 Å². The molecule has 8 heteroatoms. The summed E-state index contributed by atoms with van der Waals surface area (Å²) in [6, 6.07) is 7.99. The molecule has 1 fully saturated rings. The predicted molar refractivity (Wildman–Crippen MR) is 116 cm³/mol. The second-order valence-corrected chi connectivity index (χ2v) is 7.68. The summed E-state index contributed by atoms with van der Waals surface area (Å²) in [5.41, 5.74) is 2.95. The maximum atomic E-state index is 12.0. The Morgan fingerprint density at radius 1 is 1.00 bits per heavy atom. The minimum atomic E-state index is 0.0196. The second-order valence-electron chi connectivity index (χ2n) is 7.68. The van der Waals surface area contributed by atoms with Crippen LogP contribution in [0.15, 0.2) is 41.7 Å². The van der Waals surface area contributed by atoms with Gasteiger partial charge >= 0.3 is 0 Å². The van der Waals surface area contributed by atoms with E-state index in [1.54, 1.807) is 23.3 Å². The van der Waals surface area contributed by atoms with Crippen LogP contribution >= 0.6 is 0 Å². The molecule has 1 saturated heterocycles. The number of hydrogen-bond donors (Lipinski definition) is 0. The van der Waals surface area contributed by atoms with E-state index in [4.69, 9.17) is 0 Å². The highest BCUT2D eigenvalue weighted by Crippen LogP contribution is 2.27. The molecule has 0 radical (unpaired) electrons. The van der Waals surface area contributed by atoms with Crippen molar-refractivity contribution in [3.8, 4) is 0 Å². The Labute approximate surface area is 170 Å². The van der Waals surface area contributed by atoms with Gasteiger partial charge in [-0.25, -0.2) is 15.0 Å². The Kier molecular flexibility index (Phi) is 5.44. The van der Waals surface area contributed by atoms with Crippen molar-refractivity contribution in [3.05, 3.63) is 53.0 Å². The van der Waals surface area contributed by atoms with Crippen LogP contribution in [0.1, 0.15) is 5.69 Å². The summed E-state index contributed by atoms with van der Waals surface area (Å²) in [4.78, 5) is 31.9. The van der Waals surface area contributed by atoms with Crippen LogP contribution in [-0.4, -0.2) is 71.2 Å². The van der Waals surface area contributed by atoms with Crippen LogP contribution in [-0.2, 0) is 6.54 Å². The molecule has 0 saturated carbocycles. The minimum Gasteiger partial charge on any atom is -0.369 e. The lowest BCUT2D eigenvalue weighted by Gasteiger charge is -2.36. The maximum absolute atomic E-state index is 12.0. The lowest BCUT2D eigenvalue weighted by Crippen LogP contribution is -2.47. The van der Waals surface area contributed by atoms with Crippen LogP contribution in [0.25, 0.3) is 10.9 Å². The summed E-state index contributed by atoms with van der Waals surface area (Å²) in [5.74, 6) is 0.938. The van der Waals surface area contributed by atoms with Gasteiger partial charge in [-0.1, -0.05) is 0 Å². The lowest BCUT2D eigenvalue weighted by atomic mass is 10.1. The third kappa shape index (κ3) is 4.22. The van der Waals surface area contributed by atoms with Gasteiger partial charge in [0.05, 0.1) is 11.8 Å². The minimum absolute atomic E-state index is 0.0196.